The number of ether oxygens (including phenoxy) is 1. The number of nitrogens with two attached hydrogens (primary N) is 1. The molecular formula is C21H22F2N4O2S. The number of nitrogens with zero attached hydrogens (tertiary/aromatic N) is 2. The first-order chi connectivity index (χ1) is 14.4. The van der Waals surface area contributed by atoms with E-state index in [-0.39, 0.29) is 22.3 Å². The lowest BCUT2D eigenvalue weighted by Crippen LogP contribution is -2.34. The van der Waals surface area contributed by atoms with E-state index < -0.39 is 24.1 Å². The number of benzene rings is 1. The summed E-state index contributed by atoms with van der Waals surface area (Å²) >= 11 is 1.47. The Labute approximate surface area is 177 Å². The molecule has 3 N–H and O–H groups in total. The van der Waals surface area contributed by atoms with Gasteiger partial charge in [-0.15, -0.1) is 6.58 Å². The molecule has 1 amide bonds. The predicted octanol–water partition coefficient (Wildman–Crippen LogP) is 4.39. The van der Waals surface area contributed by atoms with Crippen LogP contribution in [0.1, 0.15) is 35.8 Å². The van der Waals surface area contributed by atoms with E-state index in [1.54, 1.807) is 6.08 Å². The van der Waals surface area contributed by atoms with E-state index in [0.717, 1.165) is 6.42 Å². The zero-order valence-corrected chi connectivity index (χ0v) is 17.2. The Hall–Kier alpha value is -2.94. The lowest BCUT2D eigenvalue weighted by molar-refractivity contribution is 0.102. The molecule has 1 aliphatic rings. The molecule has 2 atom stereocenters. The Balaban J connectivity index is 1.88. The molecule has 0 saturated heterocycles. The number of anilines is 1. The van der Waals surface area contributed by atoms with Crippen LogP contribution in [0.3, 0.4) is 0 Å². The molecule has 0 spiro atoms. The number of halogens is 2. The average Bonchev–Trinajstić information content (AvgIpc) is 2.75. The van der Waals surface area contributed by atoms with Crippen LogP contribution in [0.4, 0.5) is 14.5 Å². The van der Waals surface area contributed by atoms with Gasteiger partial charge < -0.3 is 15.8 Å². The van der Waals surface area contributed by atoms with E-state index >= 15 is 0 Å². The van der Waals surface area contributed by atoms with Crippen molar-refractivity contribution in [2.75, 3.05) is 12.2 Å². The number of hydrogen-bond acceptors (Lipinski definition) is 6. The summed E-state index contributed by atoms with van der Waals surface area (Å²) in [6.45, 7) is 4.91. The second-order valence-corrected chi connectivity index (χ2v) is 8.03. The number of alkyl halides is 1. The maximum absolute atomic E-state index is 14.8. The van der Waals surface area contributed by atoms with Crippen molar-refractivity contribution in [3.8, 4) is 5.75 Å². The Morgan fingerprint density at radius 1 is 1.47 bits per heavy atom. The third kappa shape index (κ3) is 4.62. The van der Waals surface area contributed by atoms with Crippen LogP contribution in [0.15, 0.2) is 54.2 Å². The molecule has 2 heterocycles. The van der Waals surface area contributed by atoms with Crippen molar-refractivity contribution in [3.63, 3.8) is 0 Å². The van der Waals surface area contributed by atoms with Crippen LogP contribution in [0.25, 0.3) is 0 Å². The van der Waals surface area contributed by atoms with Gasteiger partial charge in [0.25, 0.3) is 5.91 Å². The molecule has 2 aromatic rings. The molecule has 0 unspecified atom stereocenters. The van der Waals surface area contributed by atoms with E-state index in [9.17, 15) is 13.6 Å². The standard InChI is InChI=1S/C21H22F2N4O2S/c1-3-15-10-21(4-2,27-20(24)30-15)16-9-13(5-7-17(16)23)26-19(28)18-8-6-14(11-25-18)29-12-22/h4-9,11,15H,2-3,10,12H2,1H3,(H2,24,27)(H,26,28)/t15-,21+/m1/s1. The fourth-order valence-electron chi connectivity index (χ4n) is 3.26. The summed E-state index contributed by atoms with van der Waals surface area (Å²) in [5.74, 6) is -0.750. The summed E-state index contributed by atoms with van der Waals surface area (Å²) in [4.78, 5) is 20.9. The summed E-state index contributed by atoms with van der Waals surface area (Å²) < 4.78 is 31.7. The van der Waals surface area contributed by atoms with Gasteiger partial charge in [0, 0.05) is 16.5 Å². The van der Waals surface area contributed by atoms with Gasteiger partial charge in [-0.2, -0.15) is 0 Å². The Kier molecular flexibility index (Phi) is 6.71. The van der Waals surface area contributed by atoms with Gasteiger partial charge in [-0.1, -0.05) is 24.8 Å². The Morgan fingerprint density at radius 3 is 2.90 bits per heavy atom. The van der Waals surface area contributed by atoms with Crippen LogP contribution in [0.2, 0.25) is 0 Å². The molecule has 0 bridgehead atoms. The van der Waals surface area contributed by atoms with Gasteiger partial charge in [-0.25, -0.2) is 18.8 Å². The van der Waals surface area contributed by atoms with Crippen LogP contribution in [-0.4, -0.2) is 28.2 Å². The number of aliphatic imine (C=N–C) groups is 1. The largest absolute Gasteiger partial charge is 0.461 e. The molecule has 1 aromatic heterocycles. The second kappa shape index (κ2) is 9.25. The van der Waals surface area contributed by atoms with E-state index in [2.05, 4.69) is 26.6 Å². The van der Waals surface area contributed by atoms with E-state index in [0.29, 0.717) is 17.3 Å². The minimum absolute atomic E-state index is 0.105. The number of aromatic nitrogens is 1. The third-order valence-corrected chi connectivity index (χ3v) is 5.98. The van der Waals surface area contributed by atoms with Crippen LogP contribution in [-0.2, 0) is 5.54 Å². The lowest BCUT2D eigenvalue weighted by Gasteiger charge is -2.35. The maximum Gasteiger partial charge on any atom is 0.274 e. The van der Waals surface area contributed by atoms with Crippen molar-refractivity contribution in [2.45, 2.75) is 30.6 Å². The number of carbonyl (C=O) groups is 1. The number of pyridine rings is 1. The lowest BCUT2D eigenvalue weighted by atomic mass is 9.84. The van der Waals surface area contributed by atoms with Crippen molar-refractivity contribution in [2.24, 2.45) is 10.7 Å². The van der Waals surface area contributed by atoms with Gasteiger partial charge in [0.2, 0.25) is 6.86 Å². The van der Waals surface area contributed by atoms with Crippen molar-refractivity contribution in [1.82, 2.24) is 4.98 Å². The first kappa shape index (κ1) is 21.8. The highest BCUT2D eigenvalue weighted by atomic mass is 32.2. The molecule has 3 rings (SSSR count). The summed E-state index contributed by atoms with van der Waals surface area (Å²) in [7, 11) is 0. The van der Waals surface area contributed by atoms with Crippen LogP contribution < -0.4 is 15.8 Å². The highest BCUT2D eigenvalue weighted by molar-refractivity contribution is 8.14. The number of rotatable bonds is 7. The SMILES string of the molecule is C=C[C@@]1(c2cc(NC(=O)c3ccc(OCF)cn3)ccc2F)C[C@@H](CC)SC(N)=N1. The van der Waals surface area contributed by atoms with Crippen LogP contribution >= 0.6 is 11.8 Å². The first-order valence-corrected chi connectivity index (χ1v) is 10.2. The summed E-state index contributed by atoms with van der Waals surface area (Å²) in [5, 5.41) is 3.24. The highest BCUT2D eigenvalue weighted by Crippen LogP contribution is 2.42. The van der Waals surface area contributed by atoms with Gasteiger partial charge in [-0.05, 0) is 43.2 Å². The third-order valence-electron chi connectivity index (χ3n) is 4.81. The summed E-state index contributed by atoms with van der Waals surface area (Å²) in [6.07, 6.45) is 4.24. The Bertz CT molecular complexity index is 968. The molecule has 0 radical (unpaired) electrons. The molecule has 0 fully saturated rings. The van der Waals surface area contributed by atoms with E-state index in [1.807, 2.05) is 6.92 Å². The van der Waals surface area contributed by atoms with Gasteiger partial charge in [-0.3, -0.25) is 4.79 Å². The van der Waals surface area contributed by atoms with Crippen molar-refractivity contribution < 1.29 is 18.3 Å². The molecule has 158 valence electrons. The molecular weight excluding hydrogens is 410 g/mol. The molecule has 0 saturated carbocycles. The zero-order chi connectivity index (χ0) is 21.7. The minimum Gasteiger partial charge on any atom is -0.461 e. The summed E-state index contributed by atoms with van der Waals surface area (Å²) in [5.41, 5.74) is 5.76. The molecule has 0 aliphatic carbocycles. The first-order valence-electron chi connectivity index (χ1n) is 9.32. The minimum atomic E-state index is -1.01. The molecule has 1 aromatic carbocycles. The predicted molar refractivity (Wildman–Crippen MR) is 115 cm³/mol. The number of amides is 1. The topological polar surface area (TPSA) is 89.6 Å². The molecule has 1 aliphatic heterocycles. The van der Waals surface area contributed by atoms with Crippen molar-refractivity contribution in [1.29, 1.82) is 0 Å². The van der Waals surface area contributed by atoms with Crippen molar-refractivity contribution in [3.05, 3.63) is 66.3 Å². The second-order valence-electron chi connectivity index (χ2n) is 6.71. The quantitative estimate of drug-likeness (QED) is 0.634. The van der Waals surface area contributed by atoms with Crippen molar-refractivity contribution >= 4 is 28.5 Å². The fraction of sp³-hybridized carbons (Fsp3) is 0.286. The number of amidine groups is 1. The average molecular weight is 432 g/mol. The zero-order valence-electron chi connectivity index (χ0n) is 16.4. The fourth-order valence-corrected chi connectivity index (χ4v) is 4.32. The molecule has 6 nitrogen and oxygen atoms in total. The maximum atomic E-state index is 14.8. The number of carbonyl (C=O) groups excluding carboxylic acids is 1. The van der Waals surface area contributed by atoms with E-state index in [1.165, 1.54) is 48.3 Å². The number of nitrogens with one attached hydrogen (secondary N) is 1. The smallest absolute Gasteiger partial charge is 0.274 e. The molecule has 30 heavy (non-hydrogen) atoms. The highest BCUT2D eigenvalue weighted by Gasteiger charge is 2.38. The van der Waals surface area contributed by atoms with Gasteiger partial charge in [0.05, 0.1) is 6.20 Å². The monoisotopic (exact) mass is 432 g/mol. The van der Waals surface area contributed by atoms with Crippen LogP contribution in [0.5, 0.6) is 5.75 Å². The normalized spacial score (nSPS) is 20.9. The molecule has 9 heteroatoms. The summed E-state index contributed by atoms with van der Waals surface area (Å²) in [6, 6.07) is 7.11. The van der Waals surface area contributed by atoms with E-state index in [4.69, 9.17) is 5.73 Å². The number of thioether (sulfide) groups is 1. The van der Waals surface area contributed by atoms with Gasteiger partial charge in [0.1, 0.15) is 22.8 Å². The Morgan fingerprint density at radius 2 is 2.27 bits per heavy atom. The van der Waals surface area contributed by atoms with Gasteiger partial charge in [0.15, 0.2) is 5.17 Å². The van der Waals surface area contributed by atoms with Gasteiger partial charge >= 0.3 is 0 Å². The number of hydrogen-bond donors (Lipinski definition) is 2. The van der Waals surface area contributed by atoms with Crippen LogP contribution in [0, 0.1) is 5.82 Å².